The van der Waals surface area contributed by atoms with Gasteiger partial charge in [-0.2, -0.15) is 0 Å². The van der Waals surface area contributed by atoms with Gasteiger partial charge in [0.05, 0.1) is 7.11 Å². The van der Waals surface area contributed by atoms with E-state index in [0.717, 1.165) is 6.29 Å². The number of carbonyl (C=O) groups excluding carboxylic acids is 1. The third-order valence-electron chi connectivity index (χ3n) is 1.14. The van der Waals surface area contributed by atoms with Crippen LogP contribution in [0, 0.1) is 0 Å². The molecule has 0 radical (unpaired) electrons. The van der Waals surface area contributed by atoms with E-state index in [-0.39, 0.29) is 0 Å². The molecule has 0 aliphatic rings. The minimum atomic E-state index is 0.432. The minimum absolute atomic E-state index is 0.432. The van der Waals surface area contributed by atoms with E-state index in [2.05, 4.69) is 20.9 Å². The Kier molecular flexibility index (Phi) is 2.59. The highest BCUT2D eigenvalue weighted by molar-refractivity contribution is 9.10. The SMILES string of the molecule is COc1cc(C=O)cc(Br)n1. The second kappa shape index (κ2) is 3.48. The molecule has 0 amide bonds. The van der Waals surface area contributed by atoms with Gasteiger partial charge in [-0.3, -0.25) is 4.79 Å². The van der Waals surface area contributed by atoms with Gasteiger partial charge in [-0.05, 0) is 22.0 Å². The fourth-order valence-corrected chi connectivity index (χ4v) is 1.10. The van der Waals surface area contributed by atoms with Crippen LogP contribution in [0.1, 0.15) is 10.4 Å². The molecule has 0 saturated heterocycles. The van der Waals surface area contributed by atoms with E-state index in [4.69, 9.17) is 4.74 Å². The van der Waals surface area contributed by atoms with Crippen LogP contribution >= 0.6 is 15.9 Å². The van der Waals surface area contributed by atoms with Crippen LogP contribution < -0.4 is 4.74 Å². The second-order valence-corrected chi connectivity index (χ2v) is 2.70. The summed E-state index contributed by atoms with van der Waals surface area (Å²) in [5, 5.41) is 0. The van der Waals surface area contributed by atoms with Crippen molar-refractivity contribution in [1.82, 2.24) is 4.98 Å². The number of hydrogen-bond donors (Lipinski definition) is 0. The monoisotopic (exact) mass is 215 g/mol. The molecule has 0 aliphatic carbocycles. The number of rotatable bonds is 2. The summed E-state index contributed by atoms with van der Waals surface area (Å²) in [6.45, 7) is 0. The third kappa shape index (κ3) is 2.01. The maximum absolute atomic E-state index is 10.3. The van der Waals surface area contributed by atoms with E-state index < -0.39 is 0 Å². The molecule has 1 aromatic rings. The molecule has 1 heterocycles. The number of halogens is 1. The molecule has 0 unspecified atom stereocenters. The van der Waals surface area contributed by atoms with Gasteiger partial charge in [-0.1, -0.05) is 0 Å². The predicted octanol–water partition coefficient (Wildman–Crippen LogP) is 1.67. The van der Waals surface area contributed by atoms with Crippen LogP contribution in [0.2, 0.25) is 0 Å². The predicted molar refractivity (Wildman–Crippen MR) is 43.9 cm³/mol. The summed E-state index contributed by atoms with van der Waals surface area (Å²) in [6, 6.07) is 3.19. The Labute approximate surface area is 72.5 Å². The van der Waals surface area contributed by atoms with Crippen molar-refractivity contribution >= 4 is 22.2 Å². The molecule has 0 spiro atoms. The fraction of sp³-hybridized carbons (Fsp3) is 0.143. The fourth-order valence-electron chi connectivity index (χ4n) is 0.664. The molecular formula is C7H6BrNO2. The van der Waals surface area contributed by atoms with E-state index in [1.165, 1.54) is 7.11 Å². The average molecular weight is 216 g/mol. The number of carbonyl (C=O) groups is 1. The topological polar surface area (TPSA) is 39.2 Å². The van der Waals surface area contributed by atoms with Gasteiger partial charge >= 0.3 is 0 Å². The summed E-state index contributed by atoms with van der Waals surface area (Å²) in [6.07, 6.45) is 0.745. The molecule has 0 aromatic carbocycles. The molecule has 4 heteroatoms. The Bertz CT molecular complexity index is 275. The molecular weight excluding hydrogens is 210 g/mol. The second-order valence-electron chi connectivity index (χ2n) is 1.88. The summed E-state index contributed by atoms with van der Waals surface area (Å²) in [5.74, 6) is 0.432. The summed E-state index contributed by atoms with van der Waals surface area (Å²) < 4.78 is 5.43. The lowest BCUT2D eigenvalue weighted by atomic mass is 10.3. The number of pyridine rings is 1. The van der Waals surface area contributed by atoms with E-state index in [1.807, 2.05) is 0 Å². The molecule has 3 nitrogen and oxygen atoms in total. The first kappa shape index (κ1) is 8.20. The highest BCUT2D eigenvalue weighted by Gasteiger charge is 1.98. The molecule has 11 heavy (non-hydrogen) atoms. The van der Waals surface area contributed by atoms with Crippen LogP contribution in [0.4, 0.5) is 0 Å². The van der Waals surface area contributed by atoms with Crippen LogP contribution in [-0.4, -0.2) is 18.4 Å². The van der Waals surface area contributed by atoms with Gasteiger partial charge < -0.3 is 4.74 Å². The van der Waals surface area contributed by atoms with Crippen LogP contribution in [0.25, 0.3) is 0 Å². The number of aldehydes is 1. The first-order valence-corrected chi connectivity index (χ1v) is 3.72. The van der Waals surface area contributed by atoms with E-state index in [0.29, 0.717) is 16.0 Å². The van der Waals surface area contributed by atoms with Crippen molar-refractivity contribution in [2.24, 2.45) is 0 Å². The smallest absolute Gasteiger partial charge is 0.214 e. The van der Waals surface area contributed by atoms with Gasteiger partial charge in [0.2, 0.25) is 5.88 Å². The number of hydrogen-bond acceptors (Lipinski definition) is 3. The van der Waals surface area contributed by atoms with Crippen LogP contribution in [0.5, 0.6) is 5.88 Å². The Morgan fingerprint density at radius 2 is 2.36 bits per heavy atom. The van der Waals surface area contributed by atoms with Gasteiger partial charge in [0.15, 0.2) is 0 Å². The summed E-state index contributed by atoms with van der Waals surface area (Å²) >= 11 is 3.14. The van der Waals surface area contributed by atoms with E-state index >= 15 is 0 Å². The molecule has 58 valence electrons. The Hall–Kier alpha value is -0.900. The van der Waals surface area contributed by atoms with Gasteiger partial charge in [0.1, 0.15) is 10.9 Å². The summed E-state index contributed by atoms with van der Waals surface area (Å²) in [5.41, 5.74) is 0.545. The van der Waals surface area contributed by atoms with Crippen molar-refractivity contribution in [2.75, 3.05) is 7.11 Å². The molecule has 1 aromatic heterocycles. The highest BCUT2D eigenvalue weighted by atomic mass is 79.9. The maximum Gasteiger partial charge on any atom is 0.214 e. The van der Waals surface area contributed by atoms with Crippen LogP contribution in [-0.2, 0) is 0 Å². The van der Waals surface area contributed by atoms with Gasteiger partial charge in [-0.15, -0.1) is 0 Å². The Balaban J connectivity index is 3.11. The lowest BCUT2D eigenvalue weighted by Crippen LogP contribution is -1.90. The van der Waals surface area contributed by atoms with Crippen molar-refractivity contribution in [3.8, 4) is 5.88 Å². The number of methoxy groups -OCH3 is 1. The number of nitrogens with zero attached hydrogens (tertiary/aromatic N) is 1. The van der Waals surface area contributed by atoms with Gasteiger partial charge in [0, 0.05) is 11.6 Å². The van der Waals surface area contributed by atoms with Crippen LogP contribution in [0.15, 0.2) is 16.7 Å². The molecule has 0 bridgehead atoms. The molecule has 0 N–H and O–H groups in total. The largest absolute Gasteiger partial charge is 0.481 e. The Morgan fingerprint density at radius 1 is 1.64 bits per heavy atom. The van der Waals surface area contributed by atoms with Crippen molar-refractivity contribution < 1.29 is 9.53 Å². The van der Waals surface area contributed by atoms with Crippen molar-refractivity contribution in [2.45, 2.75) is 0 Å². The Morgan fingerprint density at radius 3 is 2.91 bits per heavy atom. The van der Waals surface area contributed by atoms with Crippen molar-refractivity contribution in [1.29, 1.82) is 0 Å². The maximum atomic E-state index is 10.3. The number of aromatic nitrogens is 1. The molecule has 0 saturated carbocycles. The van der Waals surface area contributed by atoms with Crippen molar-refractivity contribution in [3.05, 3.63) is 22.3 Å². The van der Waals surface area contributed by atoms with Crippen molar-refractivity contribution in [3.63, 3.8) is 0 Å². The normalized spacial score (nSPS) is 9.27. The quantitative estimate of drug-likeness (QED) is 0.557. The lowest BCUT2D eigenvalue weighted by molar-refractivity contribution is 0.112. The standard InChI is InChI=1S/C7H6BrNO2/c1-11-7-3-5(4-10)2-6(8)9-7/h2-4H,1H3. The third-order valence-corrected chi connectivity index (χ3v) is 1.54. The zero-order valence-electron chi connectivity index (χ0n) is 5.87. The first-order valence-electron chi connectivity index (χ1n) is 2.93. The number of ether oxygens (including phenoxy) is 1. The highest BCUT2D eigenvalue weighted by Crippen LogP contribution is 2.14. The van der Waals surface area contributed by atoms with Crippen LogP contribution in [0.3, 0.4) is 0 Å². The summed E-state index contributed by atoms with van der Waals surface area (Å²) in [4.78, 5) is 14.3. The summed E-state index contributed by atoms with van der Waals surface area (Å²) in [7, 11) is 1.50. The van der Waals surface area contributed by atoms with Gasteiger partial charge in [0.25, 0.3) is 0 Å². The van der Waals surface area contributed by atoms with E-state index in [1.54, 1.807) is 12.1 Å². The first-order chi connectivity index (χ1) is 5.26. The lowest BCUT2D eigenvalue weighted by Gasteiger charge is -1.98. The molecule has 0 fully saturated rings. The molecule has 1 rings (SSSR count). The minimum Gasteiger partial charge on any atom is -0.481 e. The zero-order chi connectivity index (χ0) is 8.27. The average Bonchev–Trinajstić information content (AvgIpc) is 2.03. The molecule has 0 atom stereocenters. The molecule has 0 aliphatic heterocycles. The zero-order valence-corrected chi connectivity index (χ0v) is 7.46. The van der Waals surface area contributed by atoms with E-state index in [9.17, 15) is 4.79 Å². The van der Waals surface area contributed by atoms with Gasteiger partial charge in [-0.25, -0.2) is 4.98 Å².